The normalized spacial score (nSPS) is 18.2. The number of para-hydroxylation sites is 1. The number of aryl methyl sites for hydroxylation is 1. The summed E-state index contributed by atoms with van der Waals surface area (Å²) >= 11 is 0. The molecule has 2 aromatic rings. The highest BCUT2D eigenvalue weighted by atomic mass is 31.2. The Morgan fingerprint density at radius 3 is 2.48 bits per heavy atom. The molecule has 1 aliphatic rings. The fourth-order valence-corrected chi connectivity index (χ4v) is 5.08. The third kappa shape index (κ3) is 6.02. The molecule has 0 radical (unpaired) electrons. The number of amides is 1. The van der Waals surface area contributed by atoms with Gasteiger partial charge in [-0.2, -0.15) is 0 Å². The first-order valence-electron chi connectivity index (χ1n) is 9.88. The van der Waals surface area contributed by atoms with E-state index in [1.165, 1.54) is 10.5 Å². The highest BCUT2D eigenvalue weighted by Gasteiger charge is 2.36. The molecule has 3 unspecified atom stereocenters. The van der Waals surface area contributed by atoms with E-state index in [2.05, 4.69) is 17.2 Å². The number of likely N-dealkylation sites (tertiary alicyclic amines) is 1. The van der Waals surface area contributed by atoms with Gasteiger partial charge in [-0.05, 0) is 43.9 Å². The van der Waals surface area contributed by atoms with E-state index >= 15 is 0 Å². The van der Waals surface area contributed by atoms with Crippen LogP contribution in [0.4, 0.5) is 0 Å². The van der Waals surface area contributed by atoms with Crippen molar-refractivity contribution in [2.24, 2.45) is 0 Å². The van der Waals surface area contributed by atoms with Crippen molar-refractivity contribution >= 4 is 20.2 Å². The summed E-state index contributed by atoms with van der Waals surface area (Å²) in [5, 5.41) is 12.7. The average molecular weight is 414 g/mol. The van der Waals surface area contributed by atoms with Crippen molar-refractivity contribution in [3.8, 4) is 5.75 Å². The van der Waals surface area contributed by atoms with Gasteiger partial charge in [0.05, 0.1) is 6.04 Å². The Morgan fingerprint density at radius 1 is 1.17 bits per heavy atom. The molecule has 7 heteroatoms. The van der Waals surface area contributed by atoms with Gasteiger partial charge in [-0.1, -0.05) is 48.5 Å². The van der Waals surface area contributed by atoms with Crippen molar-refractivity contribution in [2.75, 3.05) is 12.7 Å². The quantitative estimate of drug-likeness (QED) is 0.612. The lowest BCUT2D eigenvalue weighted by molar-refractivity contribution is -0.148. The van der Waals surface area contributed by atoms with Crippen LogP contribution in [0, 0.1) is 0 Å². The second-order valence-corrected chi connectivity index (χ2v) is 8.77. The van der Waals surface area contributed by atoms with Crippen LogP contribution in [0.1, 0.15) is 25.3 Å². The molecule has 3 rings (SSSR count). The van der Waals surface area contributed by atoms with E-state index in [1.54, 1.807) is 6.92 Å². The van der Waals surface area contributed by atoms with Gasteiger partial charge in [0.1, 0.15) is 11.8 Å². The molecule has 1 saturated heterocycles. The standard InChI is InChI=1S/C22H27N2O4P/c1-17(21(25)24-15-8-13-20(24)22(26)27)23-29(28-19-11-6-3-7-12-19)16-14-18-9-4-2-5-10-18/h2-7,9-12,17,20,23H,8,13-16H2,1H3,(H,26,27). The summed E-state index contributed by atoms with van der Waals surface area (Å²) < 4.78 is 6.16. The number of rotatable bonds is 9. The van der Waals surface area contributed by atoms with E-state index in [0.29, 0.717) is 13.0 Å². The third-order valence-corrected chi connectivity index (χ3v) is 6.67. The molecule has 3 atom stereocenters. The number of aliphatic carboxylic acids is 1. The van der Waals surface area contributed by atoms with E-state index in [-0.39, 0.29) is 5.91 Å². The monoisotopic (exact) mass is 414 g/mol. The Kier molecular flexibility index (Phi) is 7.62. The molecule has 1 heterocycles. The number of carboxylic acid groups (broad SMARTS) is 1. The molecule has 29 heavy (non-hydrogen) atoms. The zero-order chi connectivity index (χ0) is 20.6. The average Bonchev–Trinajstić information content (AvgIpc) is 3.23. The predicted octanol–water partition coefficient (Wildman–Crippen LogP) is 3.67. The fraction of sp³-hybridized carbons (Fsp3) is 0.364. The second kappa shape index (κ2) is 10.4. The topological polar surface area (TPSA) is 78.9 Å². The minimum Gasteiger partial charge on any atom is -0.480 e. The van der Waals surface area contributed by atoms with Crippen LogP contribution in [0.5, 0.6) is 5.75 Å². The molecule has 0 bridgehead atoms. The van der Waals surface area contributed by atoms with Crippen LogP contribution in [-0.4, -0.2) is 46.7 Å². The Hall–Kier alpha value is -2.43. The van der Waals surface area contributed by atoms with E-state index in [9.17, 15) is 14.7 Å². The molecular formula is C22H27N2O4P. The maximum atomic E-state index is 12.9. The van der Waals surface area contributed by atoms with E-state index < -0.39 is 26.4 Å². The van der Waals surface area contributed by atoms with Crippen molar-refractivity contribution in [1.29, 1.82) is 0 Å². The first-order valence-corrected chi connectivity index (χ1v) is 11.3. The van der Waals surface area contributed by atoms with Gasteiger partial charge in [0.15, 0.2) is 8.30 Å². The first kappa shape index (κ1) is 21.3. The van der Waals surface area contributed by atoms with Crippen molar-refractivity contribution in [2.45, 2.75) is 38.3 Å². The number of nitrogens with zero attached hydrogens (tertiary/aromatic N) is 1. The van der Waals surface area contributed by atoms with Crippen LogP contribution in [0.3, 0.4) is 0 Å². The Morgan fingerprint density at radius 2 is 1.83 bits per heavy atom. The molecule has 0 spiro atoms. The Balaban J connectivity index is 1.66. The minimum absolute atomic E-state index is 0.182. The predicted molar refractivity (Wildman–Crippen MR) is 114 cm³/mol. The summed E-state index contributed by atoms with van der Waals surface area (Å²) in [6, 6.07) is 18.5. The largest absolute Gasteiger partial charge is 0.480 e. The molecule has 1 aliphatic heterocycles. The summed E-state index contributed by atoms with van der Waals surface area (Å²) in [4.78, 5) is 25.8. The lowest BCUT2D eigenvalue weighted by Gasteiger charge is -2.28. The van der Waals surface area contributed by atoms with Gasteiger partial charge < -0.3 is 14.5 Å². The number of hydrogen-bond acceptors (Lipinski definition) is 4. The summed E-state index contributed by atoms with van der Waals surface area (Å²) in [5.74, 6) is -0.364. The maximum Gasteiger partial charge on any atom is 0.326 e. The van der Waals surface area contributed by atoms with Gasteiger partial charge >= 0.3 is 5.97 Å². The molecule has 2 N–H and O–H groups in total. The highest BCUT2D eigenvalue weighted by molar-refractivity contribution is 7.50. The van der Waals surface area contributed by atoms with Gasteiger partial charge in [-0.3, -0.25) is 9.88 Å². The van der Waals surface area contributed by atoms with Gasteiger partial charge in [0.25, 0.3) is 0 Å². The molecule has 0 aromatic heterocycles. The van der Waals surface area contributed by atoms with Crippen LogP contribution < -0.4 is 9.61 Å². The summed E-state index contributed by atoms with van der Waals surface area (Å²) in [7, 11) is -1.12. The molecule has 2 aromatic carbocycles. The van der Waals surface area contributed by atoms with Crippen LogP contribution in [0.2, 0.25) is 0 Å². The molecule has 154 valence electrons. The molecule has 6 nitrogen and oxygen atoms in total. The smallest absolute Gasteiger partial charge is 0.326 e. The Bertz CT molecular complexity index is 803. The number of nitrogens with one attached hydrogen (secondary N) is 1. The third-order valence-electron chi connectivity index (χ3n) is 4.93. The van der Waals surface area contributed by atoms with Crippen LogP contribution >= 0.6 is 8.30 Å². The van der Waals surface area contributed by atoms with Crippen LogP contribution in [-0.2, 0) is 16.0 Å². The number of carbonyl (C=O) groups excluding carboxylic acids is 1. The van der Waals surface area contributed by atoms with Gasteiger partial charge in [0.2, 0.25) is 5.91 Å². The van der Waals surface area contributed by atoms with E-state index in [4.69, 9.17) is 4.52 Å². The number of carbonyl (C=O) groups is 2. The minimum atomic E-state index is -1.12. The lowest BCUT2D eigenvalue weighted by atomic mass is 10.2. The van der Waals surface area contributed by atoms with Gasteiger partial charge in [0, 0.05) is 12.7 Å². The summed E-state index contributed by atoms with van der Waals surface area (Å²) in [6.45, 7) is 2.27. The van der Waals surface area contributed by atoms with Crippen molar-refractivity contribution in [1.82, 2.24) is 9.99 Å². The lowest BCUT2D eigenvalue weighted by Crippen LogP contribution is -2.48. The number of benzene rings is 2. The summed E-state index contributed by atoms with van der Waals surface area (Å²) in [6.07, 6.45) is 2.80. The molecule has 0 saturated carbocycles. The summed E-state index contributed by atoms with van der Waals surface area (Å²) in [5.41, 5.74) is 1.21. The van der Waals surface area contributed by atoms with E-state index in [0.717, 1.165) is 24.8 Å². The molecule has 1 fully saturated rings. The number of hydrogen-bond donors (Lipinski definition) is 2. The van der Waals surface area contributed by atoms with Gasteiger partial charge in [-0.15, -0.1) is 0 Å². The maximum absolute atomic E-state index is 12.9. The van der Waals surface area contributed by atoms with E-state index in [1.807, 2.05) is 48.5 Å². The first-order chi connectivity index (χ1) is 14.0. The zero-order valence-corrected chi connectivity index (χ0v) is 17.4. The molecule has 1 amide bonds. The second-order valence-electron chi connectivity index (χ2n) is 7.12. The zero-order valence-electron chi connectivity index (χ0n) is 16.5. The van der Waals surface area contributed by atoms with Crippen molar-refractivity contribution in [3.05, 3.63) is 66.2 Å². The highest BCUT2D eigenvalue weighted by Crippen LogP contribution is 2.36. The van der Waals surface area contributed by atoms with Gasteiger partial charge in [-0.25, -0.2) is 4.79 Å². The van der Waals surface area contributed by atoms with Crippen molar-refractivity contribution in [3.63, 3.8) is 0 Å². The van der Waals surface area contributed by atoms with Crippen LogP contribution in [0.15, 0.2) is 60.7 Å². The number of carboxylic acids is 1. The molecular weight excluding hydrogens is 387 g/mol. The van der Waals surface area contributed by atoms with Crippen LogP contribution in [0.25, 0.3) is 0 Å². The Labute approximate surface area is 172 Å². The molecule has 0 aliphatic carbocycles. The SMILES string of the molecule is CC(NP(CCc1ccccc1)Oc1ccccc1)C(=O)N1CCCC1C(=O)O. The fourth-order valence-electron chi connectivity index (χ4n) is 3.43. The van der Waals surface area contributed by atoms with Crippen molar-refractivity contribution < 1.29 is 19.2 Å².